The molecular weight excluding hydrogens is 378 g/mol. The molecule has 2 aromatic carbocycles. The number of nitrogens with zero attached hydrogens (tertiary/aromatic N) is 2. The fourth-order valence-corrected chi connectivity index (χ4v) is 3.96. The van der Waals surface area contributed by atoms with Crippen LogP contribution in [0.15, 0.2) is 54.6 Å². The maximum atomic E-state index is 12.9. The van der Waals surface area contributed by atoms with Crippen LogP contribution in [-0.2, 0) is 16.0 Å². The second-order valence-electron chi connectivity index (χ2n) is 7.51. The monoisotopic (exact) mass is 409 g/mol. The third kappa shape index (κ3) is 5.19. The van der Waals surface area contributed by atoms with Crippen LogP contribution in [0.3, 0.4) is 0 Å². The molecule has 0 spiro atoms. The van der Waals surface area contributed by atoms with Gasteiger partial charge in [-0.2, -0.15) is 0 Å². The van der Waals surface area contributed by atoms with Crippen molar-refractivity contribution >= 4 is 17.5 Å². The van der Waals surface area contributed by atoms with Gasteiger partial charge in [-0.3, -0.25) is 14.5 Å². The van der Waals surface area contributed by atoms with Crippen molar-refractivity contribution in [2.45, 2.75) is 39.3 Å². The topological polar surface area (TPSA) is 61.9 Å². The second-order valence-corrected chi connectivity index (χ2v) is 7.51. The van der Waals surface area contributed by atoms with E-state index in [1.54, 1.807) is 11.0 Å². The van der Waals surface area contributed by atoms with Crippen LogP contribution >= 0.6 is 0 Å². The highest BCUT2D eigenvalue weighted by Crippen LogP contribution is 2.33. The molecule has 0 aliphatic carbocycles. The number of para-hydroxylation sites is 2. The first kappa shape index (κ1) is 21.8. The van der Waals surface area contributed by atoms with Crippen molar-refractivity contribution in [3.8, 4) is 5.75 Å². The van der Waals surface area contributed by atoms with Crippen molar-refractivity contribution in [3.05, 3.63) is 60.2 Å². The molecule has 2 aromatic rings. The normalized spacial score (nSPS) is 16.5. The van der Waals surface area contributed by atoms with E-state index in [-0.39, 0.29) is 24.4 Å². The van der Waals surface area contributed by atoms with Crippen molar-refractivity contribution < 1.29 is 14.3 Å². The molecule has 0 bridgehead atoms. The van der Waals surface area contributed by atoms with Gasteiger partial charge in [0.1, 0.15) is 5.75 Å². The number of hydrogen-bond acceptors (Lipinski definition) is 4. The highest BCUT2D eigenvalue weighted by molar-refractivity contribution is 5.95. The van der Waals surface area contributed by atoms with E-state index in [1.807, 2.05) is 36.4 Å². The quantitative estimate of drug-likeness (QED) is 0.728. The molecule has 0 saturated heterocycles. The molecule has 6 nitrogen and oxygen atoms in total. The Hall–Kier alpha value is -2.86. The van der Waals surface area contributed by atoms with Crippen LogP contribution in [-0.4, -0.2) is 55.0 Å². The summed E-state index contributed by atoms with van der Waals surface area (Å²) in [4.78, 5) is 29.0. The lowest BCUT2D eigenvalue weighted by Gasteiger charge is -2.34. The zero-order valence-electron chi connectivity index (χ0n) is 18.0. The van der Waals surface area contributed by atoms with E-state index in [0.29, 0.717) is 18.0 Å². The van der Waals surface area contributed by atoms with Crippen LogP contribution in [0.1, 0.15) is 26.3 Å². The molecule has 0 aromatic heterocycles. The molecular formula is C24H31N3O3. The summed E-state index contributed by atoms with van der Waals surface area (Å²) in [6, 6.07) is 17.8. The molecule has 0 radical (unpaired) electrons. The molecule has 1 aliphatic rings. The Bertz CT molecular complexity index is 852. The van der Waals surface area contributed by atoms with E-state index in [2.05, 4.69) is 36.2 Å². The van der Waals surface area contributed by atoms with E-state index < -0.39 is 6.10 Å². The molecule has 1 aliphatic heterocycles. The molecule has 30 heavy (non-hydrogen) atoms. The maximum absolute atomic E-state index is 12.9. The third-order valence-corrected chi connectivity index (χ3v) is 5.60. The van der Waals surface area contributed by atoms with E-state index in [9.17, 15) is 9.59 Å². The number of likely N-dealkylation sites (N-methyl/N-ethyl adjacent to an activating group) is 1. The fraction of sp³-hybridized carbons (Fsp3) is 0.417. The summed E-state index contributed by atoms with van der Waals surface area (Å²) >= 11 is 0. The van der Waals surface area contributed by atoms with Gasteiger partial charge >= 0.3 is 0 Å². The van der Waals surface area contributed by atoms with E-state index >= 15 is 0 Å². The Morgan fingerprint density at radius 3 is 2.43 bits per heavy atom. The largest absolute Gasteiger partial charge is 0.477 e. The predicted molar refractivity (Wildman–Crippen MR) is 119 cm³/mol. The van der Waals surface area contributed by atoms with Gasteiger partial charge in [-0.25, -0.2) is 0 Å². The minimum absolute atomic E-state index is 0.103. The maximum Gasteiger partial charge on any atom is 0.263 e. The van der Waals surface area contributed by atoms with Crippen molar-refractivity contribution in [1.82, 2.24) is 10.2 Å². The van der Waals surface area contributed by atoms with Crippen LogP contribution in [0.4, 0.5) is 5.69 Å². The molecule has 0 unspecified atom stereocenters. The summed E-state index contributed by atoms with van der Waals surface area (Å²) in [7, 11) is 0. The van der Waals surface area contributed by atoms with Crippen molar-refractivity contribution in [2.24, 2.45) is 0 Å². The lowest BCUT2D eigenvalue weighted by atomic mass is 10.0. The predicted octanol–water partition coefficient (Wildman–Crippen LogP) is 2.87. The Balaban J connectivity index is 1.68. The Kier molecular flexibility index (Phi) is 7.46. The van der Waals surface area contributed by atoms with E-state index in [1.165, 1.54) is 12.5 Å². The summed E-state index contributed by atoms with van der Waals surface area (Å²) in [5.74, 6) is 0.262. The third-order valence-electron chi connectivity index (χ3n) is 5.60. The SMILES string of the molecule is CCN(CC)[C@H](CNC(=O)[C@H]1CN(C(C)=O)c2ccccc2O1)Cc1ccccc1. The van der Waals surface area contributed by atoms with Crippen LogP contribution < -0.4 is 15.0 Å². The number of rotatable bonds is 8. The summed E-state index contributed by atoms with van der Waals surface area (Å²) < 4.78 is 5.92. The molecule has 0 fully saturated rings. The van der Waals surface area contributed by atoms with Crippen LogP contribution in [0.2, 0.25) is 0 Å². The van der Waals surface area contributed by atoms with Gasteiger partial charge in [0, 0.05) is 19.5 Å². The standard InChI is InChI=1S/C24H31N3O3/c1-4-26(5-2)20(15-19-11-7-6-8-12-19)16-25-24(29)23-17-27(18(3)28)21-13-9-10-14-22(21)30-23/h6-14,20,23H,4-5,15-17H2,1-3H3,(H,25,29)/t20-,23+/m0/s1. The molecule has 160 valence electrons. The van der Waals surface area contributed by atoms with Crippen molar-refractivity contribution in [3.63, 3.8) is 0 Å². The molecule has 2 amide bonds. The summed E-state index contributed by atoms with van der Waals surface area (Å²) in [6.45, 7) is 8.34. The number of nitrogens with one attached hydrogen (secondary N) is 1. The average Bonchev–Trinajstić information content (AvgIpc) is 2.77. The minimum Gasteiger partial charge on any atom is -0.477 e. The number of benzene rings is 2. The lowest BCUT2D eigenvalue weighted by molar-refractivity contribution is -0.128. The summed E-state index contributed by atoms with van der Waals surface area (Å²) in [5, 5.41) is 3.07. The van der Waals surface area contributed by atoms with Crippen molar-refractivity contribution in [1.29, 1.82) is 0 Å². The Morgan fingerprint density at radius 2 is 1.77 bits per heavy atom. The highest BCUT2D eigenvalue weighted by atomic mass is 16.5. The molecule has 2 atom stereocenters. The number of carbonyl (C=O) groups is 2. The van der Waals surface area contributed by atoms with Gasteiger partial charge in [-0.05, 0) is 37.2 Å². The first-order valence-corrected chi connectivity index (χ1v) is 10.6. The smallest absolute Gasteiger partial charge is 0.263 e. The first-order chi connectivity index (χ1) is 14.5. The zero-order chi connectivity index (χ0) is 21.5. The molecule has 6 heteroatoms. The number of fused-ring (bicyclic) bond motifs is 1. The summed E-state index contributed by atoms with van der Waals surface area (Å²) in [6.07, 6.45) is 0.134. The minimum atomic E-state index is -0.724. The van der Waals surface area contributed by atoms with E-state index in [4.69, 9.17) is 4.74 Å². The van der Waals surface area contributed by atoms with Gasteiger partial charge in [0.15, 0.2) is 6.10 Å². The first-order valence-electron chi connectivity index (χ1n) is 10.6. The zero-order valence-corrected chi connectivity index (χ0v) is 18.0. The van der Waals surface area contributed by atoms with Crippen LogP contribution in [0.5, 0.6) is 5.75 Å². The highest BCUT2D eigenvalue weighted by Gasteiger charge is 2.32. The number of ether oxygens (including phenoxy) is 1. The van der Waals surface area contributed by atoms with Crippen LogP contribution in [0.25, 0.3) is 0 Å². The summed E-state index contributed by atoms with van der Waals surface area (Å²) in [5.41, 5.74) is 1.95. The Labute approximate surface area is 178 Å². The number of anilines is 1. The Morgan fingerprint density at radius 1 is 1.10 bits per heavy atom. The van der Waals surface area contributed by atoms with Gasteiger partial charge in [-0.1, -0.05) is 56.3 Å². The van der Waals surface area contributed by atoms with Gasteiger partial charge in [0.05, 0.1) is 12.2 Å². The fourth-order valence-electron chi connectivity index (χ4n) is 3.96. The molecule has 0 saturated carbocycles. The van der Waals surface area contributed by atoms with Crippen molar-refractivity contribution in [2.75, 3.05) is 31.1 Å². The number of carbonyl (C=O) groups excluding carboxylic acids is 2. The number of amides is 2. The van der Waals surface area contributed by atoms with Gasteiger partial charge in [-0.15, -0.1) is 0 Å². The lowest BCUT2D eigenvalue weighted by Crippen LogP contribution is -2.53. The van der Waals surface area contributed by atoms with Gasteiger partial charge in [0.25, 0.3) is 5.91 Å². The molecule has 3 rings (SSSR count). The average molecular weight is 410 g/mol. The van der Waals surface area contributed by atoms with Gasteiger partial charge in [0.2, 0.25) is 5.91 Å². The van der Waals surface area contributed by atoms with E-state index in [0.717, 1.165) is 19.5 Å². The number of hydrogen-bond donors (Lipinski definition) is 1. The van der Waals surface area contributed by atoms with Gasteiger partial charge < -0.3 is 15.0 Å². The molecule has 1 heterocycles. The van der Waals surface area contributed by atoms with Crippen LogP contribution in [0, 0.1) is 0 Å². The second kappa shape index (κ2) is 10.3. The molecule has 1 N–H and O–H groups in total.